The molecule has 0 aliphatic rings. The molecule has 0 bridgehead atoms. The van der Waals surface area contributed by atoms with Crippen LogP contribution in [0.4, 0.5) is 11.4 Å². The summed E-state index contributed by atoms with van der Waals surface area (Å²) in [5.74, 6) is -1.91. The van der Waals surface area contributed by atoms with E-state index in [1.165, 1.54) is 6.07 Å². The standard InChI is InChI=1S/C22H17ClN2O4/c23-13-20(26)24-14-9-11-15(12-10-14)25-21(27)18-7-3-1-5-16(18)17-6-2-4-8-19(17)22(28)29/h1-12H,13H2,(H,24,26)(H,25,27)(H,28,29). The van der Waals surface area contributed by atoms with Crippen molar-refractivity contribution < 1.29 is 19.5 Å². The Kier molecular flexibility index (Phi) is 6.26. The van der Waals surface area contributed by atoms with Gasteiger partial charge in [-0.1, -0.05) is 36.4 Å². The third-order valence-electron chi connectivity index (χ3n) is 4.17. The van der Waals surface area contributed by atoms with Crippen molar-refractivity contribution in [3.8, 4) is 11.1 Å². The first-order valence-electron chi connectivity index (χ1n) is 8.68. The van der Waals surface area contributed by atoms with E-state index in [0.29, 0.717) is 28.1 Å². The van der Waals surface area contributed by atoms with Gasteiger partial charge in [0.15, 0.2) is 0 Å². The summed E-state index contributed by atoms with van der Waals surface area (Å²) in [6, 6.07) is 19.9. The first-order chi connectivity index (χ1) is 14.0. The maximum absolute atomic E-state index is 12.9. The fraction of sp³-hybridized carbons (Fsp3) is 0.0455. The Hall–Kier alpha value is -3.64. The summed E-state index contributed by atoms with van der Waals surface area (Å²) >= 11 is 5.46. The maximum atomic E-state index is 12.9. The minimum atomic E-state index is -1.06. The van der Waals surface area contributed by atoms with Crippen LogP contribution < -0.4 is 10.6 Å². The molecule has 3 N–H and O–H groups in total. The van der Waals surface area contributed by atoms with Crippen molar-refractivity contribution in [3.63, 3.8) is 0 Å². The molecule has 0 saturated heterocycles. The summed E-state index contributed by atoms with van der Waals surface area (Å²) in [5, 5.41) is 14.9. The van der Waals surface area contributed by atoms with Crippen LogP contribution in [0.25, 0.3) is 11.1 Å². The minimum Gasteiger partial charge on any atom is -0.478 e. The van der Waals surface area contributed by atoms with Crippen LogP contribution in [0.5, 0.6) is 0 Å². The van der Waals surface area contributed by atoms with Crippen LogP contribution in [-0.4, -0.2) is 28.8 Å². The highest BCUT2D eigenvalue weighted by Gasteiger charge is 2.17. The maximum Gasteiger partial charge on any atom is 0.336 e. The summed E-state index contributed by atoms with van der Waals surface area (Å²) in [6.45, 7) is 0. The molecule has 0 aliphatic heterocycles. The molecule has 2 amide bonds. The molecule has 0 saturated carbocycles. The van der Waals surface area contributed by atoms with Gasteiger partial charge >= 0.3 is 5.97 Å². The van der Waals surface area contributed by atoms with E-state index in [1.54, 1.807) is 66.7 Å². The van der Waals surface area contributed by atoms with Gasteiger partial charge in [0.2, 0.25) is 5.91 Å². The lowest BCUT2D eigenvalue weighted by atomic mass is 9.95. The number of anilines is 2. The summed E-state index contributed by atoms with van der Waals surface area (Å²) in [5.41, 5.74) is 2.54. The number of amides is 2. The van der Waals surface area contributed by atoms with Crippen molar-refractivity contribution in [2.75, 3.05) is 16.5 Å². The SMILES string of the molecule is O=C(CCl)Nc1ccc(NC(=O)c2ccccc2-c2ccccc2C(=O)O)cc1. The molecular formula is C22H17ClN2O4. The Bertz CT molecular complexity index is 1060. The second-order valence-corrected chi connectivity index (χ2v) is 6.38. The van der Waals surface area contributed by atoms with E-state index in [1.807, 2.05) is 0 Å². The van der Waals surface area contributed by atoms with Crippen molar-refractivity contribution in [1.82, 2.24) is 0 Å². The van der Waals surface area contributed by atoms with Crippen molar-refractivity contribution >= 4 is 40.8 Å². The number of rotatable bonds is 6. The number of hydrogen-bond acceptors (Lipinski definition) is 3. The van der Waals surface area contributed by atoms with Crippen molar-refractivity contribution in [1.29, 1.82) is 0 Å². The zero-order valence-corrected chi connectivity index (χ0v) is 15.9. The molecule has 0 aliphatic carbocycles. The van der Waals surface area contributed by atoms with Gasteiger partial charge in [-0.2, -0.15) is 0 Å². The van der Waals surface area contributed by atoms with Gasteiger partial charge in [0.25, 0.3) is 5.91 Å². The Morgan fingerprint density at radius 1 is 0.724 bits per heavy atom. The van der Waals surface area contributed by atoms with E-state index in [9.17, 15) is 19.5 Å². The van der Waals surface area contributed by atoms with E-state index < -0.39 is 5.97 Å². The van der Waals surface area contributed by atoms with Gasteiger partial charge in [0.1, 0.15) is 5.88 Å². The number of halogens is 1. The molecule has 29 heavy (non-hydrogen) atoms. The molecular weight excluding hydrogens is 392 g/mol. The topological polar surface area (TPSA) is 95.5 Å². The van der Waals surface area contributed by atoms with Crippen LogP contribution in [0.2, 0.25) is 0 Å². The number of alkyl halides is 1. The highest BCUT2D eigenvalue weighted by Crippen LogP contribution is 2.28. The lowest BCUT2D eigenvalue weighted by Gasteiger charge is -2.13. The molecule has 7 heteroatoms. The molecule has 0 unspecified atom stereocenters. The second kappa shape index (κ2) is 9.03. The van der Waals surface area contributed by atoms with Gasteiger partial charge < -0.3 is 15.7 Å². The van der Waals surface area contributed by atoms with Gasteiger partial charge in [-0.15, -0.1) is 11.6 Å². The molecule has 0 spiro atoms. The minimum absolute atomic E-state index is 0.118. The van der Waals surface area contributed by atoms with E-state index in [2.05, 4.69) is 10.6 Å². The first-order valence-corrected chi connectivity index (χ1v) is 9.22. The van der Waals surface area contributed by atoms with Gasteiger partial charge in [-0.25, -0.2) is 4.79 Å². The summed E-state index contributed by atoms with van der Waals surface area (Å²) < 4.78 is 0. The van der Waals surface area contributed by atoms with Gasteiger partial charge in [-0.05, 0) is 47.5 Å². The summed E-state index contributed by atoms with van der Waals surface area (Å²) in [4.78, 5) is 35.7. The fourth-order valence-corrected chi connectivity index (χ4v) is 2.92. The van der Waals surface area contributed by atoms with E-state index >= 15 is 0 Å². The monoisotopic (exact) mass is 408 g/mol. The van der Waals surface area contributed by atoms with Crippen LogP contribution >= 0.6 is 11.6 Å². The van der Waals surface area contributed by atoms with Crippen LogP contribution in [0.15, 0.2) is 72.8 Å². The predicted molar refractivity (Wildman–Crippen MR) is 113 cm³/mol. The third kappa shape index (κ3) is 4.80. The van der Waals surface area contributed by atoms with Crippen molar-refractivity contribution in [3.05, 3.63) is 83.9 Å². The molecule has 0 heterocycles. The Balaban J connectivity index is 1.86. The average Bonchev–Trinajstić information content (AvgIpc) is 2.75. The fourth-order valence-electron chi connectivity index (χ4n) is 2.85. The van der Waals surface area contributed by atoms with E-state index in [0.717, 1.165) is 0 Å². The molecule has 0 radical (unpaired) electrons. The number of carboxylic acid groups (broad SMARTS) is 1. The smallest absolute Gasteiger partial charge is 0.336 e. The molecule has 0 fully saturated rings. The molecule has 0 atom stereocenters. The number of benzene rings is 3. The van der Waals surface area contributed by atoms with Crippen LogP contribution in [-0.2, 0) is 4.79 Å². The molecule has 6 nitrogen and oxygen atoms in total. The van der Waals surface area contributed by atoms with Crippen LogP contribution in [0, 0.1) is 0 Å². The third-order valence-corrected chi connectivity index (χ3v) is 4.41. The number of carbonyl (C=O) groups excluding carboxylic acids is 2. The molecule has 0 aromatic heterocycles. The normalized spacial score (nSPS) is 10.2. The molecule has 3 aromatic rings. The number of aromatic carboxylic acids is 1. The highest BCUT2D eigenvalue weighted by molar-refractivity contribution is 6.29. The molecule has 146 valence electrons. The lowest BCUT2D eigenvalue weighted by Crippen LogP contribution is -2.14. The van der Waals surface area contributed by atoms with E-state index in [4.69, 9.17) is 11.6 Å². The zero-order chi connectivity index (χ0) is 20.8. The zero-order valence-electron chi connectivity index (χ0n) is 15.2. The molecule has 3 rings (SSSR count). The summed E-state index contributed by atoms with van der Waals surface area (Å²) in [7, 11) is 0. The van der Waals surface area contributed by atoms with Crippen LogP contribution in [0.3, 0.4) is 0 Å². The van der Waals surface area contributed by atoms with Gasteiger partial charge in [0.05, 0.1) is 5.56 Å². The number of carboxylic acids is 1. The van der Waals surface area contributed by atoms with Crippen molar-refractivity contribution in [2.24, 2.45) is 0 Å². The predicted octanol–water partition coefficient (Wildman–Crippen LogP) is 4.48. The second-order valence-electron chi connectivity index (χ2n) is 6.11. The lowest BCUT2D eigenvalue weighted by molar-refractivity contribution is -0.113. The Morgan fingerprint density at radius 2 is 1.21 bits per heavy atom. The van der Waals surface area contributed by atoms with Crippen molar-refractivity contribution in [2.45, 2.75) is 0 Å². The van der Waals surface area contributed by atoms with E-state index in [-0.39, 0.29) is 23.3 Å². The number of carbonyl (C=O) groups is 3. The molecule has 3 aromatic carbocycles. The average molecular weight is 409 g/mol. The first kappa shape index (κ1) is 20.1. The Labute approximate surface area is 172 Å². The van der Waals surface area contributed by atoms with Gasteiger partial charge in [0, 0.05) is 16.9 Å². The summed E-state index contributed by atoms with van der Waals surface area (Å²) in [6.07, 6.45) is 0. The Morgan fingerprint density at radius 3 is 1.76 bits per heavy atom. The quantitative estimate of drug-likeness (QED) is 0.524. The number of hydrogen-bond donors (Lipinski definition) is 3. The van der Waals surface area contributed by atoms with Gasteiger partial charge in [-0.3, -0.25) is 9.59 Å². The van der Waals surface area contributed by atoms with Crippen LogP contribution in [0.1, 0.15) is 20.7 Å². The number of nitrogens with one attached hydrogen (secondary N) is 2. The largest absolute Gasteiger partial charge is 0.478 e. The highest BCUT2D eigenvalue weighted by atomic mass is 35.5.